The van der Waals surface area contributed by atoms with Crippen molar-refractivity contribution in [3.8, 4) is 0 Å². The molecule has 40 valence electrons. The number of nitrogens with two attached hydrogens (primary N) is 2. The van der Waals surface area contributed by atoms with Crippen molar-refractivity contribution in [1.82, 2.24) is 0 Å². The predicted molar refractivity (Wildman–Crippen MR) is 23.0 cm³/mol. The van der Waals surface area contributed by atoms with E-state index in [2.05, 4.69) is 11.5 Å². The minimum atomic E-state index is -0.687. The molecule has 0 radical (unpaired) electrons. The van der Waals surface area contributed by atoms with Gasteiger partial charge < -0.3 is 11.5 Å². The number of carbonyl (C=O) groups is 2. The summed E-state index contributed by atoms with van der Waals surface area (Å²) in [6.45, 7) is 0. The van der Waals surface area contributed by atoms with E-state index < -0.39 is 11.8 Å². The molecule has 0 aliphatic carbocycles. The molecule has 0 aromatic heterocycles. The molecule has 8 heavy (non-hydrogen) atoms. The second-order valence-electron chi connectivity index (χ2n) is 1.11. The third-order valence-corrected chi connectivity index (χ3v) is 0.348. The molecular formula is C3H6N2NaO2+. The molecule has 0 aromatic carbocycles. The first-order valence-corrected chi connectivity index (χ1v) is 1.69. The van der Waals surface area contributed by atoms with Gasteiger partial charge in [0.15, 0.2) is 0 Å². The molecule has 0 rings (SSSR count). The van der Waals surface area contributed by atoms with Gasteiger partial charge >= 0.3 is 29.6 Å². The van der Waals surface area contributed by atoms with Gasteiger partial charge in [0.25, 0.3) is 0 Å². The van der Waals surface area contributed by atoms with Gasteiger partial charge in [-0.2, -0.15) is 0 Å². The Balaban J connectivity index is 0. The maximum atomic E-state index is 9.73. The van der Waals surface area contributed by atoms with Crippen LogP contribution < -0.4 is 41.0 Å². The zero-order chi connectivity index (χ0) is 5.86. The molecule has 0 fully saturated rings. The molecule has 0 saturated heterocycles. The van der Waals surface area contributed by atoms with Crippen molar-refractivity contribution in [1.29, 1.82) is 0 Å². The van der Waals surface area contributed by atoms with E-state index in [9.17, 15) is 9.59 Å². The molecule has 0 aliphatic heterocycles. The fourth-order valence-electron chi connectivity index (χ4n) is 0.172. The van der Waals surface area contributed by atoms with Crippen molar-refractivity contribution < 1.29 is 39.1 Å². The second kappa shape index (κ2) is 5.08. The summed E-state index contributed by atoms with van der Waals surface area (Å²) in [5.74, 6) is -1.37. The summed E-state index contributed by atoms with van der Waals surface area (Å²) in [6, 6.07) is 0. The Morgan fingerprint density at radius 2 is 1.38 bits per heavy atom. The normalized spacial score (nSPS) is 7.00. The molecule has 0 unspecified atom stereocenters. The second-order valence-corrected chi connectivity index (χ2v) is 1.11. The number of rotatable bonds is 2. The van der Waals surface area contributed by atoms with Gasteiger partial charge in [-0.1, -0.05) is 0 Å². The molecule has 0 spiro atoms. The van der Waals surface area contributed by atoms with Crippen LogP contribution in [0.5, 0.6) is 0 Å². The zero-order valence-corrected chi connectivity index (χ0v) is 6.68. The number of primary amides is 2. The molecule has 4 N–H and O–H groups in total. The summed E-state index contributed by atoms with van der Waals surface area (Å²) in [7, 11) is 0. The fourth-order valence-corrected chi connectivity index (χ4v) is 0.172. The molecule has 0 aliphatic rings. The molecule has 0 bridgehead atoms. The van der Waals surface area contributed by atoms with E-state index in [0.29, 0.717) is 0 Å². The molecule has 4 nitrogen and oxygen atoms in total. The number of amides is 2. The van der Waals surface area contributed by atoms with Crippen LogP contribution >= 0.6 is 0 Å². The number of hydrogen-bond acceptors (Lipinski definition) is 2. The standard InChI is InChI=1S/C3H6N2O2.Na/c4-2(6)1-3(5)7;/h1H2,(H2,4,6)(H2,5,7);/q;+1. The summed E-state index contributed by atoms with van der Waals surface area (Å²) < 4.78 is 0. The van der Waals surface area contributed by atoms with Crippen molar-refractivity contribution >= 4 is 11.8 Å². The van der Waals surface area contributed by atoms with E-state index in [-0.39, 0.29) is 36.0 Å². The average molecular weight is 125 g/mol. The van der Waals surface area contributed by atoms with Crippen LogP contribution in [0.2, 0.25) is 0 Å². The first-order valence-electron chi connectivity index (χ1n) is 1.69. The van der Waals surface area contributed by atoms with Gasteiger partial charge in [0.1, 0.15) is 6.42 Å². The van der Waals surface area contributed by atoms with Crippen molar-refractivity contribution in [2.45, 2.75) is 6.42 Å². The average Bonchev–Trinajstić information content (AvgIpc) is 1.27. The van der Waals surface area contributed by atoms with Crippen LogP contribution in [0.3, 0.4) is 0 Å². The van der Waals surface area contributed by atoms with E-state index in [4.69, 9.17) is 0 Å². The van der Waals surface area contributed by atoms with Gasteiger partial charge in [0.05, 0.1) is 0 Å². The monoisotopic (exact) mass is 125 g/mol. The van der Waals surface area contributed by atoms with E-state index >= 15 is 0 Å². The van der Waals surface area contributed by atoms with Gasteiger partial charge in [-0.05, 0) is 0 Å². The molecule has 0 saturated carbocycles. The van der Waals surface area contributed by atoms with E-state index in [0.717, 1.165) is 0 Å². The van der Waals surface area contributed by atoms with Crippen molar-refractivity contribution in [3.05, 3.63) is 0 Å². The smallest absolute Gasteiger partial charge is 0.369 e. The van der Waals surface area contributed by atoms with Gasteiger partial charge in [-0.15, -0.1) is 0 Å². The van der Waals surface area contributed by atoms with E-state index in [1.54, 1.807) is 0 Å². The summed E-state index contributed by atoms with van der Waals surface area (Å²) in [5, 5.41) is 0. The first kappa shape index (κ1) is 10.8. The van der Waals surface area contributed by atoms with Gasteiger partial charge in [0, 0.05) is 0 Å². The molecular weight excluding hydrogens is 119 g/mol. The maximum Gasteiger partial charge on any atom is 1.00 e. The fraction of sp³-hybridized carbons (Fsp3) is 0.333. The van der Waals surface area contributed by atoms with Gasteiger partial charge in [-0.25, -0.2) is 0 Å². The van der Waals surface area contributed by atoms with Crippen LogP contribution in [0.25, 0.3) is 0 Å². The largest absolute Gasteiger partial charge is 1.00 e. The third kappa shape index (κ3) is 9.34. The van der Waals surface area contributed by atoms with Crippen molar-refractivity contribution in [3.63, 3.8) is 0 Å². The molecule has 0 atom stereocenters. The predicted octanol–water partition coefficient (Wildman–Crippen LogP) is -4.65. The van der Waals surface area contributed by atoms with Crippen LogP contribution in [0.15, 0.2) is 0 Å². The molecule has 2 amide bonds. The first-order chi connectivity index (χ1) is 3.13. The van der Waals surface area contributed by atoms with Crippen molar-refractivity contribution in [2.24, 2.45) is 11.5 Å². The summed E-state index contributed by atoms with van der Waals surface area (Å²) in [4.78, 5) is 19.5. The van der Waals surface area contributed by atoms with Gasteiger partial charge in [-0.3, -0.25) is 9.59 Å². The third-order valence-electron chi connectivity index (χ3n) is 0.348. The molecule has 5 heteroatoms. The minimum Gasteiger partial charge on any atom is -0.369 e. The van der Waals surface area contributed by atoms with E-state index in [1.807, 2.05) is 0 Å². The Labute approximate surface area is 68.9 Å². The molecule has 0 heterocycles. The summed E-state index contributed by atoms with van der Waals surface area (Å²) >= 11 is 0. The van der Waals surface area contributed by atoms with Gasteiger partial charge in [0.2, 0.25) is 11.8 Å². The topological polar surface area (TPSA) is 86.2 Å². The van der Waals surface area contributed by atoms with Crippen LogP contribution in [0.4, 0.5) is 0 Å². The number of carbonyl (C=O) groups excluding carboxylic acids is 2. The van der Waals surface area contributed by atoms with Crippen LogP contribution in [0, 0.1) is 0 Å². The maximum absolute atomic E-state index is 9.73. The SMILES string of the molecule is NC(=O)CC(N)=O.[Na+]. The van der Waals surface area contributed by atoms with E-state index in [1.165, 1.54) is 0 Å². The Bertz CT molecular complexity index is 91.5. The van der Waals surface area contributed by atoms with Crippen LogP contribution in [0.1, 0.15) is 6.42 Å². The van der Waals surface area contributed by atoms with Crippen LogP contribution in [-0.2, 0) is 9.59 Å². The summed E-state index contributed by atoms with van der Waals surface area (Å²) in [6.07, 6.45) is -0.361. The Morgan fingerprint density at radius 1 is 1.12 bits per heavy atom. The Hall–Kier alpha value is -0.0600. The quantitative estimate of drug-likeness (QED) is 0.287. The zero-order valence-electron chi connectivity index (χ0n) is 4.68. The molecule has 0 aromatic rings. The van der Waals surface area contributed by atoms with Crippen LogP contribution in [-0.4, -0.2) is 11.8 Å². The summed E-state index contributed by atoms with van der Waals surface area (Å²) in [5.41, 5.74) is 9.11. The Kier molecular flexibility index (Phi) is 6.89. The minimum absolute atomic E-state index is 0. The van der Waals surface area contributed by atoms with Crippen molar-refractivity contribution in [2.75, 3.05) is 0 Å². The number of hydrogen-bond donors (Lipinski definition) is 2. The Morgan fingerprint density at radius 3 is 1.38 bits per heavy atom.